The maximum atomic E-state index is 12.8. The van der Waals surface area contributed by atoms with Crippen molar-refractivity contribution < 1.29 is 18.0 Å². The first-order valence-corrected chi connectivity index (χ1v) is 11.7. The van der Waals surface area contributed by atoms with Gasteiger partial charge < -0.3 is 10.6 Å². The van der Waals surface area contributed by atoms with E-state index < -0.39 is 15.9 Å². The number of carbonyl (C=O) groups excluding carboxylic acids is 2. The van der Waals surface area contributed by atoms with Crippen LogP contribution in [-0.4, -0.2) is 26.3 Å². The Morgan fingerprint density at radius 2 is 1.56 bits per heavy atom. The number of carbonyl (C=O) groups is 2. The third kappa shape index (κ3) is 5.73. The Labute approximate surface area is 187 Å². The van der Waals surface area contributed by atoms with E-state index in [-0.39, 0.29) is 28.1 Å². The van der Waals surface area contributed by atoms with Gasteiger partial charge >= 0.3 is 0 Å². The van der Waals surface area contributed by atoms with E-state index in [1.807, 2.05) is 13.8 Å². The molecule has 1 atom stereocenters. The topological polar surface area (TPSA) is 104 Å². The van der Waals surface area contributed by atoms with Crippen LogP contribution in [0, 0.1) is 0 Å². The van der Waals surface area contributed by atoms with Gasteiger partial charge in [-0.05, 0) is 55.8 Å². The SMILES string of the molecule is CC[C@H](C)NC(=O)c1ccccc1NC(=O)c1cccc(NS(=O)(=O)c2ccccc2)c1. The first-order chi connectivity index (χ1) is 15.3. The van der Waals surface area contributed by atoms with Crippen LogP contribution in [0.15, 0.2) is 83.8 Å². The molecule has 3 rings (SSSR count). The fourth-order valence-electron chi connectivity index (χ4n) is 2.93. The highest BCUT2D eigenvalue weighted by Crippen LogP contribution is 2.20. The van der Waals surface area contributed by atoms with E-state index in [1.165, 1.54) is 18.2 Å². The molecule has 0 saturated heterocycles. The summed E-state index contributed by atoms with van der Waals surface area (Å²) in [7, 11) is -3.78. The Hall–Kier alpha value is -3.65. The van der Waals surface area contributed by atoms with Gasteiger partial charge in [0.2, 0.25) is 0 Å². The van der Waals surface area contributed by atoms with Gasteiger partial charge in [-0.15, -0.1) is 0 Å². The zero-order valence-electron chi connectivity index (χ0n) is 17.8. The number of sulfonamides is 1. The summed E-state index contributed by atoms with van der Waals surface area (Å²) in [5.41, 5.74) is 1.22. The van der Waals surface area contributed by atoms with E-state index >= 15 is 0 Å². The average Bonchev–Trinajstić information content (AvgIpc) is 2.79. The third-order valence-electron chi connectivity index (χ3n) is 4.84. The zero-order valence-corrected chi connectivity index (χ0v) is 18.6. The van der Waals surface area contributed by atoms with Crippen LogP contribution in [0.1, 0.15) is 41.0 Å². The van der Waals surface area contributed by atoms with Crippen LogP contribution in [0.25, 0.3) is 0 Å². The van der Waals surface area contributed by atoms with Crippen LogP contribution in [0.3, 0.4) is 0 Å². The molecule has 3 N–H and O–H groups in total. The van der Waals surface area contributed by atoms with Crippen molar-refractivity contribution in [2.75, 3.05) is 10.0 Å². The molecule has 0 unspecified atom stereocenters. The summed E-state index contributed by atoms with van der Waals surface area (Å²) in [6.45, 7) is 3.87. The van der Waals surface area contributed by atoms with Crippen LogP contribution >= 0.6 is 0 Å². The third-order valence-corrected chi connectivity index (χ3v) is 6.24. The van der Waals surface area contributed by atoms with Crippen molar-refractivity contribution in [3.63, 3.8) is 0 Å². The second-order valence-electron chi connectivity index (χ2n) is 7.28. The maximum Gasteiger partial charge on any atom is 0.261 e. The van der Waals surface area contributed by atoms with E-state index in [0.717, 1.165) is 6.42 Å². The molecule has 3 aromatic carbocycles. The van der Waals surface area contributed by atoms with Crippen LogP contribution in [0.5, 0.6) is 0 Å². The highest BCUT2D eigenvalue weighted by molar-refractivity contribution is 7.92. The molecule has 0 saturated carbocycles. The first kappa shape index (κ1) is 23.0. The predicted molar refractivity (Wildman–Crippen MR) is 125 cm³/mol. The number of benzene rings is 3. The molecule has 2 amide bonds. The lowest BCUT2D eigenvalue weighted by molar-refractivity contribution is 0.0940. The average molecular weight is 452 g/mol. The number of para-hydroxylation sites is 1. The first-order valence-electron chi connectivity index (χ1n) is 10.2. The van der Waals surface area contributed by atoms with Crippen molar-refractivity contribution in [1.82, 2.24) is 5.32 Å². The van der Waals surface area contributed by atoms with E-state index in [1.54, 1.807) is 60.7 Å². The minimum Gasteiger partial charge on any atom is -0.350 e. The minimum absolute atomic E-state index is 0.000534. The minimum atomic E-state index is -3.78. The molecule has 7 nitrogen and oxygen atoms in total. The van der Waals surface area contributed by atoms with E-state index in [0.29, 0.717) is 11.3 Å². The van der Waals surface area contributed by atoms with E-state index in [4.69, 9.17) is 0 Å². The monoisotopic (exact) mass is 451 g/mol. The second-order valence-corrected chi connectivity index (χ2v) is 8.96. The molecule has 0 bridgehead atoms. The largest absolute Gasteiger partial charge is 0.350 e. The van der Waals surface area contributed by atoms with Crippen molar-refractivity contribution >= 4 is 33.2 Å². The molecule has 0 aliphatic heterocycles. The van der Waals surface area contributed by atoms with Crippen LogP contribution in [0.4, 0.5) is 11.4 Å². The van der Waals surface area contributed by atoms with Gasteiger partial charge in [0.15, 0.2) is 0 Å². The summed E-state index contributed by atoms with van der Waals surface area (Å²) in [6.07, 6.45) is 0.784. The molecule has 32 heavy (non-hydrogen) atoms. The molecule has 0 aliphatic rings. The van der Waals surface area contributed by atoms with Gasteiger partial charge in [-0.3, -0.25) is 14.3 Å². The van der Waals surface area contributed by atoms with E-state index in [9.17, 15) is 18.0 Å². The highest BCUT2D eigenvalue weighted by atomic mass is 32.2. The normalized spacial score (nSPS) is 11.9. The molecule has 0 fully saturated rings. The van der Waals surface area contributed by atoms with Crippen molar-refractivity contribution in [3.05, 3.63) is 90.0 Å². The molecular weight excluding hydrogens is 426 g/mol. The van der Waals surface area contributed by atoms with Crippen LogP contribution in [-0.2, 0) is 10.0 Å². The van der Waals surface area contributed by atoms with Crippen molar-refractivity contribution in [3.8, 4) is 0 Å². The van der Waals surface area contributed by atoms with Crippen molar-refractivity contribution in [2.24, 2.45) is 0 Å². The molecule has 0 aromatic heterocycles. The second kappa shape index (κ2) is 10.1. The Morgan fingerprint density at radius 3 is 2.28 bits per heavy atom. The Kier molecular flexibility index (Phi) is 7.27. The Bertz CT molecular complexity index is 1210. The van der Waals surface area contributed by atoms with Gasteiger partial charge in [0.05, 0.1) is 16.1 Å². The molecular formula is C24H25N3O4S. The van der Waals surface area contributed by atoms with Crippen LogP contribution < -0.4 is 15.4 Å². The van der Waals surface area contributed by atoms with Gasteiger partial charge in [-0.2, -0.15) is 0 Å². The summed E-state index contributed by atoms with van der Waals surface area (Å²) in [5, 5.41) is 5.63. The molecule has 0 spiro atoms. The zero-order chi connectivity index (χ0) is 23.1. The lowest BCUT2D eigenvalue weighted by atomic mass is 10.1. The number of hydrogen-bond acceptors (Lipinski definition) is 4. The van der Waals surface area contributed by atoms with Crippen LogP contribution in [0.2, 0.25) is 0 Å². The smallest absolute Gasteiger partial charge is 0.261 e. The standard InChI is InChI=1S/C24H25N3O4S/c1-3-17(2)25-24(29)21-14-7-8-15-22(21)26-23(28)18-10-9-11-19(16-18)27-32(30,31)20-12-5-4-6-13-20/h4-17,27H,3H2,1-2H3,(H,25,29)(H,26,28)/t17-/m0/s1. The Balaban J connectivity index is 1.78. The summed E-state index contributed by atoms with van der Waals surface area (Å²) in [4.78, 5) is 25.5. The van der Waals surface area contributed by atoms with Crippen molar-refractivity contribution in [1.29, 1.82) is 0 Å². The summed E-state index contributed by atoms with van der Waals surface area (Å²) in [5.74, 6) is -0.742. The number of hydrogen-bond donors (Lipinski definition) is 3. The van der Waals surface area contributed by atoms with Gasteiger partial charge in [-0.25, -0.2) is 8.42 Å². The molecule has 8 heteroatoms. The van der Waals surface area contributed by atoms with Gasteiger partial charge in [-0.1, -0.05) is 43.3 Å². The number of rotatable bonds is 8. The predicted octanol–water partition coefficient (Wildman–Crippen LogP) is 4.27. The molecule has 0 aliphatic carbocycles. The summed E-state index contributed by atoms with van der Waals surface area (Å²) >= 11 is 0. The van der Waals surface area contributed by atoms with Gasteiger partial charge in [0.1, 0.15) is 0 Å². The lowest BCUT2D eigenvalue weighted by Gasteiger charge is -2.15. The van der Waals surface area contributed by atoms with Gasteiger partial charge in [0, 0.05) is 17.3 Å². The molecule has 0 radical (unpaired) electrons. The number of nitrogens with one attached hydrogen (secondary N) is 3. The maximum absolute atomic E-state index is 12.8. The molecule has 3 aromatic rings. The fraction of sp³-hybridized carbons (Fsp3) is 0.167. The number of anilines is 2. The van der Waals surface area contributed by atoms with Gasteiger partial charge in [0.25, 0.3) is 21.8 Å². The molecule has 166 valence electrons. The molecule has 0 heterocycles. The lowest BCUT2D eigenvalue weighted by Crippen LogP contribution is -2.32. The van der Waals surface area contributed by atoms with Crippen molar-refractivity contribution in [2.45, 2.75) is 31.2 Å². The summed E-state index contributed by atoms with van der Waals surface area (Å²) in [6, 6.07) is 20.8. The highest BCUT2D eigenvalue weighted by Gasteiger charge is 2.17. The summed E-state index contributed by atoms with van der Waals surface area (Å²) < 4.78 is 27.6. The number of amides is 2. The quantitative estimate of drug-likeness (QED) is 0.476. The van der Waals surface area contributed by atoms with E-state index in [2.05, 4.69) is 15.4 Å². The Morgan fingerprint density at radius 1 is 0.875 bits per heavy atom. The fourth-order valence-corrected chi connectivity index (χ4v) is 4.00.